The van der Waals surface area contributed by atoms with Crippen molar-refractivity contribution in [1.82, 2.24) is 9.88 Å². The van der Waals surface area contributed by atoms with E-state index >= 15 is 0 Å². The number of pyridine rings is 1. The van der Waals surface area contributed by atoms with Crippen molar-refractivity contribution >= 4 is 0 Å². The molecule has 2 heterocycles. The number of benzene rings is 1. The Morgan fingerprint density at radius 2 is 1.84 bits per heavy atom. The lowest BCUT2D eigenvalue weighted by Crippen LogP contribution is -2.48. The van der Waals surface area contributed by atoms with Gasteiger partial charge in [-0.2, -0.15) is 0 Å². The number of rotatable bonds is 4. The third kappa shape index (κ3) is 4.59. The van der Waals surface area contributed by atoms with Crippen LogP contribution in [0.2, 0.25) is 0 Å². The summed E-state index contributed by atoms with van der Waals surface area (Å²) in [7, 11) is 1.65. The number of aromatic nitrogens is 1. The molecule has 4 heteroatoms. The van der Waals surface area contributed by atoms with Gasteiger partial charge in [-0.3, -0.25) is 4.90 Å². The summed E-state index contributed by atoms with van der Waals surface area (Å²) >= 11 is 0. The zero-order valence-electron chi connectivity index (χ0n) is 15.6. The third-order valence-corrected chi connectivity index (χ3v) is 4.69. The molecule has 3 rings (SSSR count). The molecule has 0 bridgehead atoms. The Bertz CT molecular complexity index is 682. The van der Waals surface area contributed by atoms with Gasteiger partial charge in [0, 0.05) is 25.7 Å². The maximum Gasteiger partial charge on any atom is 0.213 e. The van der Waals surface area contributed by atoms with Crippen LogP contribution in [0.3, 0.4) is 0 Å². The van der Waals surface area contributed by atoms with Gasteiger partial charge in [-0.05, 0) is 17.0 Å². The van der Waals surface area contributed by atoms with E-state index < -0.39 is 0 Å². The van der Waals surface area contributed by atoms with Crippen LogP contribution in [0.15, 0.2) is 48.5 Å². The molecule has 0 aliphatic carbocycles. The van der Waals surface area contributed by atoms with Crippen molar-refractivity contribution in [3.63, 3.8) is 0 Å². The zero-order valence-corrected chi connectivity index (χ0v) is 15.6. The average Bonchev–Trinajstić information content (AvgIpc) is 2.61. The minimum atomic E-state index is 0.0878. The van der Waals surface area contributed by atoms with Gasteiger partial charge in [0.15, 0.2) is 0 Å². The number of hydrogen-bond donors (Lipinski definition) is 0. The number of hydrogen-bond acceptors (Lipinski definition) is 4. The molecule has 2 atom stereocenters. The Hall–Kier alpha value is -1.91. The Labute approximate surface area is 150 Å². The molecule has 1 aromatic carbocycles. The van der Waals surface area contributed by atoms with Crippen molar-refractivity contribution in [3.8, 4) is 5.88 Å². The van der Waals surface area contributed by atoms with E-state index in [0.717, 1.165) is 25.3 Å². The molecule has 0 unspecified atom stereocenters. The van der Waals surface area contributed by atoms with E-state index in [2.05, 4.69) is 61.0 Å². The van der Waals surface area contributed by atoms with Gasteiger partial charge in [-0.1, -0.05) is 57.2 Å². The highest BCUT2D eigenvalue weighted by Gasteiger charge is 2.35. The van der Waals surface area contributed by atoms with E-state index in [4.69, 9.17) is 9.47 Å². The SMILES string of the molecule is COc1cccc(CN2C[C@@H](c3ccccc3)O[C@@H](C(C)(C)C)C2)n1. The lowest BCUT2D eigenvalue weighted by molar-refractivity contribution is -0.131. The average molecular weight is 340 g/mol. The van der Waals surface area contributed by atoms with Gasteiger partial charge < -0.3 is 9.47 Å². The van der Waals surface area contributed by atoms with Crippen molar-refractivity contribution in [3.05, 3.63) is 59.8 Å². The predicted octanol–water partition coefficient (Wildman–Crippen LogP) is 4.08. The van der Waals surface area contributed by atoms with Crippen molar-refractivity contribution in [2.24, 2.45) is 5.41 Å². The first-order valence-electron chi connectivity index (χ1n) is 8.88. The summed E-state index contributed by atoms with van der Waals surface area (Å²) in [6.45, 7) is 9.31. The summed E-state index contributed by atoms with van der Waals surface area (Å²) in [5, 5.41) is 0. The van der Waals surface area contributed by atoms with E-state index in [1.807, 2.05) is 18.2 Å². The molecule has 0 spiro atoms. The maximum atomic E-state index is 6.46. The minimum absolute atomic E-state index is 0.0878. The van der Waals surface area contributed by atoms with Crippen LogP contribution in [0, 0.1) is 5.41 Å². The van der Waals surface area contributed by atoms with Crippen LogP contribution in [0.25, 0.3) is 0 Å². The van der Waals surface area contributed by atoms with E-state index in [1.165, 1.54) is 5.56 Å². The van der Waals surface area contributed by atoms with E-state index in [1.54, 1.807) is 7.11 Å². The van der Waals surface area contributed by atoms with Crippen LogP contribution < -0.4 is 4.74 Å². The molecule has 134 valence electrons. The molecular formula is C21H28N2O2. The third-order valence-electron chi connectivity index (χ3n) is 4.69. The van der Waals surface area contributed by atoms with Gasteiger partial charge in [-0.15, -0.1) is 0 Å². The number of methoxy groups -OCH3 is 1. The quantitative estimate of drug-likeness (QED) is 0.840. The zero-order chi connectivity index (χ0) is 17.9. The first-order chi connectivity index (χ1) is 12.0. The standard InChI is InChI=1S/C21H28N2O2/c1-21(2,3)19-15-23(13-17-11-8-12-20(22-17)24-4)14-18(25-19)16-9-6-5-7-10-16/h5-12,18-19H,13-15H2,1-4H3/t18-,19+/m0/s1. The highest BCUT2D eigenvalue weighted by Crippen LogP contribution is 2.33. The lowest BCUT2D eigenvalue weighted by Gasteiger charge is -2.43. The Morgan fingerprint density at radius 1 is 1.08 bits per heavy atom. The monoisotopic (exact) mass is 340 g/mol. The fourth-order valence-corrected chi connectivity index (χ4v) is 3.18. The second-order valence-electron chi connectivity index (χ2n) is 7.76. The molecule has 25 heavy (non-hydrogen) atoms. The summed E-state index contributed by atoms with van der Waals surface area (Å²) < 4.78 is 11.7. The van der Waals surface area contributed by atoms with Crippen LogP contribution in [0.4, 0.5) is 0 Å². The van der Waals surface area contributed by atoms with E-state index in [0.29, 0.717) is 5.88 Å². The maximum absolute atomic E-state index is 6.46. The molecule has 1 aliphatic heterocycles. The molecular weight excluding hydrogens is 312 g/mol. The van der Waals surface area contributed by atoms with Crippen molar-refractivity contribution in [1.29, 1.82) is 0 Å². The lowest BCUT2D eigenvalue weighted by atomic mass is 9.87. The fourth-order valence-electron chi connectivity index (χ4n) is 3.18. The highest BCUT2D eigenvalue weighted by molar-refractivity contribution is 5.19. The molecule has 0 amide bonds. The van der Waals surface area contributed by atoms with Gasteiger partial charge in [0.25, 0.3) is 0 Å². The summed E-state index contributed by atoms with van der Waals surface area (Å²) in [6.07, 6.45) is 0.266. The van der Waals surface area contributed by atoms with Gasteiger partial charge >= 0.3 is 0 Å². The van der Waals surface area contributed by atoms with Gasteiger partial charge in [0.1, 0.15) is 0 Å². The summed E-state index contributed by atoms with van der Waals surface area (Å²) in [6, 6.07) is 16.4. The topological polar surface area (TPSA) is 34.6 Å². The van der Waals surface area contributed by atoms with Crippen molar-refractivity contribution in [2.45, 2.75) is 39.5 Å². The minimum Gasteiger partial charge on any atom is -0.481 e. The van der Waals surface area contributed by atoms with Crippen LogP contribution in [-0.2, 0) is 11.3 Å². The molecule has 1 aromatic heterocycles. The predicted molar refractivity (Wildman–Crippen MR) is 99.6 cm³/mol. The van der Waals surface area contributed by atoms with Crippen LogP contribution in [0.5, 0.6) is 5.88 Å². The van der Waals surface area contributed by atoms with Crippen LogP contribution >= 0.6 is 0 Å². The van der Waals surface area contributed by atoms with E-state index in [9.17, 15) is 0 Å². The van der Waals surface area contributed by atoms with Crippen molar-refractivity contribution in [2.75, 3.05) is 20.2 Å². The first kappa shape index (κ1) is 17.9. The molecule has 0 saturated carbocycles. The van der Waals surface area contributed by atoms with Gasteiger partial charge in [-0.25, -0.2) is 4.98 Å². The van der Waals surface area contributed by atoms with Gasteiger partial charge in [0.2, 0.25) is 5.88 Å². The molecule has 2 aromatic rings. The number of ether oxygens (including phenoxy) is 2. The summed E-state index contributed by atoms with van der Waals surface area (Å²) in [5.41, 5.74) is 2.36. The molecule has 4 nitrogen and oxygen atoms in total. The molecule has 1 saturated heterocycles. The molecule has 0 N–H and O–H groups in total. The molecule has 0 radical (unpaired) electrons. The molecule has 1 fully saturated rings. The first-order valence-corrected chi connectivity index (χ1v) is 8.88. The smallest absolute Gasteiger partial charge is 0.213 e. The number of nitrogens with zero attached hydrogens (tertiary/aromatic N) is 2. The fraction of sp³-hybridized carbons (Fsp3) is 0.476. The Balaban J connectivity index is 1.79. The Morgan fingerprint density at radius 3 is 2.52 bits per heavy atom. The highest BCUT2D eigenvalue weighted by atomic mass is 16.5. The summed E-state index contributed by atoms with van der Waals surface area (Å²) in [4.78, 5) is 7.01. The molecule has 1 aliphatic rings. The number of morpholine rings is 1. The second-order valence-corrected chi connectivity index (χ2v) is 7.76. The normalized spacial score (nSPS) is 21.9. The van der Waals surface area contributed by atoms with E-state index in [-0.39, 0.29) is 17.6 Å². The van der Waals surface area contributed by atoms with Gasteiger partial charge in [0.05, 0.1) is 25.0 Å². The van der Waals surface area contributed by atoms with Crippen LogP contribution in [0.1, 0.15) is 38.1 Å². The second kappa shape index (κ2) is 7.54. The summed E-state index contributed by atoms with van der Waals surface area (Å²) in [5.74, 6) is 0.665. The van der Waals surface area contributed by atoms with Crippen molar-refractivity contribution < 1.29 is 9.47 Å². The Kier molecular flexibility index (Phi) is 5.40. The largest absolute Gasteiger partial charge is 0.481 e. The van der Waals surface area contributed by atoms with Crippen LogP contribution in [-0.4, -0.2) is 36.2 Å².